The smallest absolute Gasteiger partial charge is 0.123 e. The summed E-state index contributed by atoms with van der Waals surface area (Å²) in [5.74, 6) is 0.948. The fraction of sp³-hybridized carbons (Fsp3) is 0.588. The molecule has 0 radical (unpaired) electrons. The lowest BCUT2D eigenvalue weighted by Gasteiger charge is -2.22. The highest BCUT2D eigenvalue weighted by Crippen LogP contribution is 2.21. The molecular weight excluding hydrogens is 248 g/mol. The second-order valence-electron chi connectivity index (χ2n) is 6.18. The molecule has 0 fully saturated rings. The van der Waals surface area contributed by atoms with E-state index in [1.54, 1.807) is 0 Å². The molecular formula is C17H26N2O. The van der Waals surface area contributed by atoms with E-state index < -0.39 is 0 Å². The first-order valence-corrected chi connectivity index (χ1v) is 7.27. The van der Waals surface area contributed by atoms with Crippen LogP contribution in [-0.2, 0) is 6.54 Å². The Kier molecular flexibility index (Phi) is 6.54. The summed E-state index contributed by atoms with van der Waals surface area (Å²) in [6.45, 7) is 10.0. The topological polar surface area (TPSA) is 45.0 Å². The van der Waals surface area contributed by atoms with Crippen molar-refractivity contribution in [2.24, 2.45) is 0 Å². The van der Waals surface area contributed by atoms with Crippen molar-refractivity contribution in [2.45, 2.75) is 59.0 Å². The molecule has 0 bridgehead atoms. The predicted octanol–water partition coefficient (Wildman–Crippen LogP) is 3.96. The van der Waals surface area contributed by atoms with E-state index in [-0.39, 0.29) is 5.54 Å². The Morgan fingerprint density at radius 2 is 2.00 bits per heavy atom. The Labute approximate surface area is 123 Å². The molecule has 0 saturated carbocycles. The molecule has 3 nitrogen and oxygen atoms in total. The third-order valence-electron chi connectivity index (χ3n) is 2.97. The van der Waals surface area contributed by atoms with Gasteiger partial charge in [0.25, 0.3) is 0 Å². The molecule has 1 rings (SSSR count). The molecule has 20 heavy (non-hydrogen) atoms. The number of nitrogens with one attached hydrogen (secondary N) is 1. The van der Waals surface area contributed by atoms with Crippen molar-refractivity contribution in [1.29, 1.82) is 5.26 Å². The molecule has 3 heteroatoms. The van der Waals surface area contributed by atoms with Gasteiger partial charge in [0.15, 0.2) is 0 Å². The van der Waals surface area contributed by atoms with Crippen molar-refractivity contribution in [3.05, 3.63) is 29.3 Å². The van der Waals surface area contributed by atoms with Crippen LogP contribution in [0.3, 0.4) is 0 Å². The number of hydrogen-bond acceptors (Lipinski definition) is 3. The van der Waals surface area contributed by atoms with Crippen molar-refractivity contribution >= 4 is 0 Å². The van der Waals surface area contributed by atoms with Crippen LogP contribution in [0.1, 0.15) is 51.2 Å². The highest BCUT2D eigenvalue weighted by atomic mass is 16.5. The van der Waals surface area contributed by atoms with Gasteiger partial charge in [-0.3, -0.25) is 0 Å². The molecule has 0 heterocycles. The zero-order valence-electron chi connectivity index (χ0n) is 13.1. The van der Waals surface area contributed by atoms with E-state index in [0.29, 0.717) is 13.0 Å². The summed E-state index contributed by atoms with van der Waals surface area (Å²) in [7, 11) is 0. The molecule has 0 aliphatic heterocycles. The Bertz CT molecular complexity index is 455. The van der Waals surface area contributed by atoms with Gasteiger partial charge in [0.05, 0.1) is 12.7 Å². The number of nitrogens with zero attached hydrogens (tertiary/aromatic N) is 1. The fourth-order valence-electron chi connectivity index (χ4n) is 1.84. The number of aryl methyl sites for hydroxylation is 1. The Hall–Kier alpha value is -1.53. The van der Waals surface area contributed by atoms with Gasteiger partial charge in [0, 0.05) is 24.1 Å². The molecule has 0 saturated heterocycles. The fourth-order valence-corrected chi connectivity index (χ4v) is 1.84. The van der Waals surface area contributed by atoms with Crippen LogP contribution in [-0.4, -0.2) is 12.1 Å². The van der Waals surface area contributed by atoms with Gasteiger partial charge in [-0.05, 0) is 46.6 Å². The van der Waals surface area contributed by atoms with E-state index in [2.05, 4.69) is 51.2 Å². The largest absolute Gasteiger partial charge is 0.493 e. The molecule has 1 aromatic rings. The minimum absolute atomic E-state index is 0.0911. The van der Waals surface area contributed by atoms with E-state index >= 15 is 0 Å². The molecule has 0 aliphatic rings. The predicted molar refractivity (Wildman–Crippen MR) is 82.7 cm³/mol. The molecule has 0 atom stereocenters. The first-order chi connectivity index (χ1) is 9.42. The normalized spacial score (nSPS) is 11.2. The lowest BCUT2D eigenvalue weighted by atomic mass is 10.1. The summed E-state index contributed by atoms with van der Waals surface area (Å²) in [6, 6.07) is 8.44. The van der Waals surface area contributed by atoms with Crippen molar-refractivity contribution in [3.63, 3.8) is 0 Å². The summed E-state index contributed by atoms with van der Waals surface area (Å²) in [5.41, 5.74) is 2.53. The first-order valence-electron chi connectivity index (χ1n) is 7.27. The average molecular weight is 274 g/mol. The minimum atomic E-state index is 0.0911. The second-order valence-corrected chi connectivity index (χ2v) is 6.18. The van der Waals surface area contributed by atoms with Gasteiger partial charge in [-0.2, -0.15) is 5.26 Å². The minimum Gasteiger partial charge on any atom is -0.493 e. The quantitative estimate of drug-likeness (QED) is 0.766. The third kappa shape index (κ3) is 6.58. The van der Waals surface area contributed by atoms with Gasteiger partial charge in [-0.15, -0.1) is 0 Å². The zero-order valence-corrected chi connectivity index (χ0v) is 13.1. The van der Waals surface area contributed by atoms with Gasteiger partial charge in [0.2, 0.25) is 0 Å². The SMILES string of the molecule is Cc1ccc(OCCCCC#N)c(CNC(C)(C)C)c1. The first kappa shape index (κ1) is 16.5. The van der Waals surface area contributed by atoms with E-state index in [1.807, 2.05) is 6.07 Å². The van der Waals surface area contributed by atoms with Crippen LogP contribution in [0.4, 0.5) is 0 Å². The van der Waals surface area contributed by atoms with Gasteiger partial charge in [0.1, 0.15) is 5.75 Å². The van der Waals surface area contributed by atoms with Crippen LogP contribution in [0.15, 0.2) is 18.2 Å². The number of rotatable bonds is 7. The summed E-state index contributed by atoms with van der Waals surface area (Å²) >= 11 is 0. The summed E-state index contributed by atoms with van der Waals surface area (Å²) in [4.78, 5) is 0. The standard InChI is InChI=1S/C17H26N2O/c1-14-8-9-16(20-11-7-5-6-10-18)15(12-14)13-19-17(2,3)4/h8-9,12,19H,5-7,11,13H2,1-4H3. The maximum atomic E-state index is 8.50. The Morgan fingerprint density at radius 3 is 2.65 bits per heavy atom. The maximum absolute atomic E-state index is 8.50. The van der Waals surface area contributed by atoms with Gasteiger partial charge in [-0.1, -0.05) is 17.7 Å². The van der Waals surface area contributed by atoms with Crippen LogP contribution < -0.4 is 10.1 Å². The summed E-state index contributed by atoms with van der Waals surface area (Å²) < 4.78 is 5.85. The maximum Gasteiger partial charge on any atom is 0.123 e. The molecule has 0 spiro atoms. The van der Waals surface area contributed by atoms with E-state index in [9.17, 15) is 0 Å². The van der Waals surface area contributed by atoms with Gasteiger partial charge < -0.3 is 10.1 Å². The number of benzene rings is 1. The van der Waals surface area contributed by atoms with Crippen molar-refractivity contribution in [1.82, 2.24) is 5.32 Å². The molecule has 1 aromatic carbocycles. The van der Waals surface area contributed by atoms with Crippen molar-refractivity contribution in [3.8, 4) is 11.8 Å². The van der Waals surface area contributed by atoms with E-state index in [0.717, 1.165) is 25.1 Å². The number of nitriles is 1. The van der Waals surface area contributed by atoms with Crippen LogP contribution in [0.5, 0.6) is 5.75 Å². The number of hydrogen-bond donors (Lipinski definition) is 1. The van der Waals surface area contributed by atoms with Crippen molar-refractivity contribution in [2.75, 3.05) is 6.61 Å². The lowest BCUT2D eigenvalue weighted by Crippen LogP contribution is -2.35. The molecule has 0 aromatic heterocycles. The second kappa shape index (κ2) is 7.91. The van der Waals surface area contributed by atoms with Crippen LogP contribution in [0.25, 0.3) is 0 Å². The summed E-state index contributed by atoms with van der Waals surface area (Å²) in [6.07, 6.45) is 2.43. The van der Waals surface area contributed by atoms with Gasteiger partial charge >= 0.3 is 0 Å². The lowest BCUT2D eigenvalue weighted by molar-refractivity contribution is 0.302. The summed E-state index contributed by atoms with van der Waals surface area (Å²) in [5, 5.41) is 12.0. The highest BCUT2D eigenvalue weighted by molar-refractivity contribution is 5.36. The molecule has 0 aliphatic carbocycles. The van der Waals surface area contributed by atoms with E-state index in [4.69, 9.17) is 10.00 Å². The Balaban J connectivity index is 2.58. The average Bonchev–Trinajstić information content (AvgIpc) is 2.37. The van der Waals surface area contributed by atoms with Crippen molar-refractivity contribution < 1.29 is 4.74 Å². The molecule has 1 N–H and O–H groups in total. The number of ether oxygens (including phenoxy) is 1. The van der Waals surface area contributed by atoms with Crippen LogP contribution in [0.2, 0.25) is 0 Å². The molecule has 0 unspecified atom stereocenters. The van der Waals surface area contributed by atoms with Crippen LogP contribution in [0, 0.1) is 18.3 Å². The monoisotopic (exact) mass is 274 g/mol. The number of unbranched alkanes of at least 4 members (excludes halogenated alkanes) is 2. The third-order valence-corrected chi connectivity index (χ3v) is 2.97. The Morgan fingerprint density at radius 1 is 1.25 bits per heavy atom. The zero-order chi connectivity index (χ0) is 15.0. The molecule has 0 amide bonds. The van der Waals surface area contributed by atoms with Gasteiger partial charge in [-0.25, -0.2) is 0 Å². The highest BCUT2D eigenvalue weighted by Gasteiger charge is 2.11. The van der Waals surface area contributed by atoms with E-state index in [1.165, 1.54) is 11.1 Å². The van der Waals surface area contributed by atoms with Crippen LogP contribution >= 0.6 is 0 Å². The molecule has 110 valence electrons.